The molecule has 6 nitrogen and oxygen atoms in total. The van der Waals surface area contributed by atoms with Crippen LogP contribution in [0, 0.1) is 5.82 Å². The Labute approximate surface area is 139 Å². The van der Waals surface area contributed by atoms with Crippen molar-refractivity contribution in [3.63, 3.8) is 0 Å². The number of sulfone groups is 1. The molecule has 0 spiro atoms. The lowest BCUT2D eigenvalue weighted by molar-refractivity contribution is 0.0647. The first-order chi connectivity index (χ1) is 11.3. The summed E-state index contributed by atoms with van der Waals surface area (Å²) in [7, 11) is -1.46. The Morgan fingerprint density at radius 2 is 1.92 bits per heavy atom. The number of halogens is 1. The quantitative estimate of drug-likeness (QED) is 0.837. The van der Waals surface area contributed by atoms with Gasteiger partial charge >= 0.3 is 0 Å². The minimum absolute atomic E-state index is 0.0835. The largest absolute Gasteiger partial charge is 0.335 e. The van der Waals surface area contributed by atoms with Crippen LogP contribution in [0.5, 0.6) is 0 Å². The SMILES string of the molecule is CCS(=O)(=O)C1CN(C(=O)c2cc(-c3ccc(F)cc3)nn2C)C1. The number of carbonyl (C=O) groups is 1. The number of amides is 1. The average molecular weight is 351 g/mol. The van der Waals surface area contributed by atoms with Crippen molar-refractivity contribution in [1.29, 1.82) is 0 Å². The highest BCUT2D eigenvalue weighted by Crippen LogP contribution is 2.23. The molecule has 1 amide bonds. The summed E-state index contributed by atoms with van der Waals surface area (Å²) in [5, 5.41) is 3.81. The van der Waals surface area contributed by atoms with E-state index in [9.17, 15) is 17.6 Å². The molecule has 0 saturated carbocycles. The summed E-state index contributed by atoms with van der Waals surface area (Å²) >= 11 is 0. The normalized spacial score (nSPS) is 15.4. The van der Waals surface area contributed by atoms with E-state index in [1.807, 2.05) is 0 Å². The van der Waals surface area contributed by atoms with Gasteiger partial charge in [0.25, 0.3) is 5.91 Å². The van der Waals surface area contributed by atoms with Gasteiger partial charge in [0, 0.05) is 31.5 Å². The number of benzene rings is 1. The van der Waals surface area contributed by atoms with Crippen molar-refractivity contribution in [2.24, 2.45) is 7.05 Å². The molecule has 0 unspecified atom stereocenters. The van der Waals surface area contributed by atoms with Crippen LogP contribution in [0.1, 0.15) is 17.4 Å². The van der Waals surface area contributed by atoms with Crippen molar-refractivity contribution in [2.45, 2.75) is 12.2 Å². The zero-order valence-electron chi connectivity index (χ0n) is 13.4. The van der Waals surface area contributed by atoms with Gasteiger partial charge in [-0.15, -0.1) is 0 Å². The Morgan fingerprint density at radius 3 is 2.50 bits per heavy atom. The third-order valence-electron chi connectivity index (χ3n) is 4.28. The molecule has 1 saturated heterocycles. The van der Waals surface area contributed by atoms with Gasteiger partial charge in [-0.1, -0.05) is 6.92 Å². The van der Waals surface area contributed by atoms with Crippen LogP contribution < -0.4 is 0 Å². The molecule has 1 aromatic heterocycles. The fraction of sp³-hybridized carbons (Fsp3) is 0.375. The molecular weight excluding hydrogens is 333 g/mol. The van der Waals surface area contributed by atoms with E-state index >= 15 is 0 Å². The lowest BCUT2D eigenvalue weighted by Crippen LogP contribution is -2.57. The Morgan fingerprint density at radius 1 is 1.29 bits per heavy atom. The molecule has 2 aromatic rings. The minimum Gasteiger partial charge on any atom is -0.335 e. The van der Waals surface area contributed by atoms with Crippen LogP contribution in [-0.4, -0.2) is 53.1 Å². The maximum Gasteiger partial charge on any atom is 0.272 e. The molecule has 0 N–H and O–H groups in total. The molecule has 0 aliphatic carbocycles. The van der Waals surface area contributed by atoms with Gasteiger partial charge in [-0.05, 0) is 30.3 Å². The average Bonchev–Trinajstić information content (AvgIpc) is 2.88. The van der Waals surface area contributed by atoms with Gasteiger partial charge in [0.1, 0.15) is 11.5 Å². The van der Waals surface area contributed by atoms with E-state index in [0.29, 0.717) is 17.0 Å². The van der Waals surface area contributed by atoms with E-state index in [4.69, 9.17) is 0 Å². The van der Waals surface area contributed by atoms with E-state index in [-0.39, 0.29) is 30.6 Å². The number of hydrogen-bond acceptors (Lipinski definition) is 4. The van der Waals surface area contributed by atoms with Gasteiger partial charge in [-0.2, -0.15) is 5.10 Å². The summed E-state index contributed by atoms with van der Waals surface area (Å²) in [5.41, 5.74) is 1.65. The van der Waals surface area contributed by atoms with Crippen LogP contribution in [0.2, 0.25) is 0 Å². The summed E-state index contributed by atoms with van der Waals surface area (Å²) < 4.78 is 38.0. The number of aryl methyl sites for hydroxylation is 1. The fourth-order valence-corrected chi connectivity index (χ4v) is 3.94. The van der Waals surface area contributed by atoms with Crippen molar-refractivity contribution in [3.8, 4) is 11.3 Å². The number of hydrogen-bond donors (Lipinski definition) is 0. The molecule has 1 aliphatic rings. The van der Waals surface area contributed by atoms with Gasteiger partial charge in [-0.3, -0.25) is 9.48 Å². The van der Waals surface area contributed by atoms with Gasteiger partial charge < -0.3 is 4.90 Å². The molecule has 3 rings (SSSR count). The van der Waals surface area contributed by atoms with Gasteiger partial charge in [0.15, 0.2) is 9.84 Å². The van der Waals surface area contributed by atoms with Crippen molar-refractivity contribution in [2.75, 3.05) is 18.8 Å². The monoisotopic (exact) mass is 351 g/mol. The van der Waals surface area contributed by atoms with E-state index < -0.39 is 15.1 Å². The van der Waals surface area contributed by atoms with Crippen LogP contribution in [0.25, 0.3) is 11.3 Å². The zero-order chi connectivity index (χ0) is 17.5. The maximum atomic E-state index is 13.0. The maximum absolute atomic E-state index is 13.0. The molecule has 0 radical (unpaired) electrons. The van der Waals surface area contributed by atoms with Crippen molar-refractivity contribution in [3.05, 3.63) is 41.8 Å². The van der Waals surface area contributed by atoms with E-state index in [1.54, 1.807) is 32.2 Å². The van der Waals surface area contributed by atoms with Gasteiger partial charge in [0.05, 0.1) is 10.9 Å². The zero-order valence-corrected chi connectivity index (χ0v) is 14.3. The van der Waals surface area contributed by atoms with E-state index in [1.165, 1.54) is 21.7 Å². The van der Waals surface area contributed by atoms with Crippen LogP contribution in [0.4, 0.5) is 4.39 Å². The first-order valence-corrected chi connectivity index (χ1v) is 9.34. The van der Waals surface area contributed by atoms with Crippen molar-refractivity contribution < 1.29 is 17.6 Å². The van der Waals surface area contributed by atoms with E-state index in [2.05, 4.69) is 5.10 Å². The third-order valence-corrected chi connectivity index (χ3v) is 6.40. The number of nitrogens with zero attached hydrogens (tertiary/aromatic N) is 3. The third kappa shape index (κ3) is 2.93. The molecule has 24 heavy (non-hydrogen) atoms. The molecule has 1 fully saturated rings. The molecule has 0 atom stereocenters. The molecule has 128 valence electrons. The Bertz CT molecular complexity index is 868. The first kappa shape index (κ1) is 16.6. The number of carbonyl (C=O) groups excluding carboxylic acids is 1. The summed E-state index contributed by atoms with van der Waals surface area (Å²) in [6.45, 7) is 2.04. The van der Waals surface area contributed by atoms with Crippen molar-refractivity contribution >= 4 is 15.7 Å². The fourth-order valence-electron chi connectivity index (χ4n) is 2.66. The molecular formula is C16H18FN3O3S. The predicted octanol–water partition coefficient (Wildman–Crippen LogP) is 1.49. The predicted molar refractivity (Wildman–Crippen MR) is 87.8 cm³/mol. The Balaban J connectivity index is 1.77. The van der Waals surface area contributed by atoms with Gasteiger partial charge in [0.2, 0.25) is 0 Å². The highest BCUT2D eigenvalue weighted by Gasteiger charge is 2.39. The topological polar surface area (TPSA) is 72.3 Å². The molecule has 8 heteroatoms. The first-order valence-electron chi connectivity index (χ1n) is 7.62. The minimum atomic E-state index is -3.11. The van der Waals surface area contributed by atoms with Crippen LogP contribution in [0.3, 0.4) is 0 Å². The second kappa shape index (κ2) is 6.01. The Hall–Kier alpha value is -2.22. The molecule has 1 aliphatic heterocycles. The Kier molecular flexibility index (Phi) is 4.16. The summed E-state index contributed by atoms with van der Waals surface area (Å²) in [4.78, 5) is 14.0. The number of likely N-dealkylation sites (tertiary alicyclic amines) is 1. The second-order valence-corrected chi connectivity index (χ2v) is 8.40. The molecule has 2 heterocycles. The van der Waals surface area contributed by atoms with Crippen LogP contribution in [-0.2, 0) is 16.9 Å². The lowest BCUT2D eigenvalue weighted by atomic mass is 10.1. The highest BCUT2D eigenvalue weighted by molar-refractivity contribution is 7.92. The van der Waals surface area contributed by atoms with Crippen LogP contribution in [0.15, 0.2) is 30.3 Å². The van der Waals surface area contributed by atoms with Crippen molar-refractivity contribution in [1.82, 2.24) is 14.7 Å². The second-order valence-electron chi connectivity index (χ2n) is 5.83. The summed E-state index contributed by atoms with van der Waals surface area (Å²) in [6, 6.07) is 7.50. The lowest BCUT2D eigenvalue weighted by Gasteiger charge is -2.38. The number of aromatic nitrogens is 2. The van der Waals surface area contributed by atoms with Gasteiger partial charge in [-0.25, -0.2) is 12.8 Å². The van der Waals surface area contributed by atoms with E-state index in [0.717, 1.165) is 0 Å². The standard InChI is InChI=1S/C16H18FN3O3S/c1-3-24(22,23)13-9-20(10-13)16(21)15-8-14(18-19(15)2)11-4-6-12(17)7-5-11/h4-8,13H,3,9-10H2,1-2H3. The van der Waals surface area contributed by atoms with Crippen LogP contribution >= 0.6 is 0 Å². The number of rotatable bonds is 4. The molecule has 1 aromatic carbocycles. The molecule has 0 bridgehead atoms. The summed E-state index contributed by atoms with van der Waals surface area (Å²) in [5.74, 6) is -0.504. The highest BCUT2D eigenvalue weighted by atomic mass is 32.2. The summed E-state index contributed by atoms with van der Waals surface area (Å²) in [6.07, 6.45) is 0. The smallest absolute Gasteiger partial charge is 0.272 e.